The van der Waals surface area contributed by atoms with Gasteiger partial charge in [0.15, 0.2) is 0 Å². The number of carbonyl (C=O) groups excluding carboxylic acids is 6. The van der Waals surface area contributed by atoms with E-state index in [-0.39, 0.29) is 36.0 Å². The molecule has 314 valence electrons. The molecule has 16 heteroatoms. The smallest absolute Gasteiger partial charge is 0.320 e. The minimum atomic E-state index is -0.976. The summed E-state index contributed by atoms with van der Waals surface area (Å²) in [6.07, 6.45) is 8.53. The van der Waals surface area contributed by atoms with Crippen molar-refractivity contribution in [3.05, 3.63) is 82.3 Å². The van der Waals surface area contributed by atoms with E-state index in [1.54, 1.807) is 23.2 Å². The summed E-state index contributed by atoms with van der Waals surface area (Å²) >= 11 is 0. The van der Waals surface area contributed by atoms with Crippen LogP contribution in [0.3, 0.4) is 0 Å². The number of aromatic nitrogens is 2. The van der Waals surface area contributed by atoms with Crippen LogP contribution in [-0.4, -0.2) is 137 Å². The third-order valence-corrected chi connectivity index (χ3v) is 13.6. The Morgan fingerprint density at radius 3 is 2.35 bits per heavy atom. The van der Waals surface area contributed by atoms with E-state index in [9.17, 15) is 28.8 Å². The van der Waals surface area contributed by atoms with Crippen LogP contribution in [0.2, 0.25) is 0 Å². The third kappa shape index (κ3) is 7.57. The van der Waals surface area contributed by atoms with Gasteiger partial charge in [0.2, 0.25) is 11.8 Å². The van der Waals surface area contributed by atoms with Crippen molar-refractivity contribution in [3.8, 4) is 0 Å². The van der Waals surface area contributed by atoms with Crippen LogP contribution in [0.5, 0.6) is 0 Å². The highest BCUT2D eigenvalue weighted by Crippen LogP contribution is 2.41. The zero-order valence-corrected chi connectivity index (χ0v) is 34.1. The van der Waals surface area contributed by atoms with Crippen molar-refractivity contribution in [2.75, 3.05) is 69.2 Å². The first-order valence-electron chi connectivity index (χ1n) is 21.3. The highest BCUT2D eigenvalue weighted by molar-refractivity contribution is 6.23. The number of hydrogen-bond acceptors (Lipinski definition) is 11. The maximum atomic E-state index is 13.4. The van der Waals surface area contributed by atoms with Crippen LogP contribution in [-0.2, 0) is 22.6 Å². The normalized spacial score (nSPS) is 23.5. The summed E-state index contributed by atoms with van der Waals surface area (Å²) in [6.45, 7) is 7.39. The number of rotatable bonds is 9. The van der Waals surface area contributed by atoms with Crippen LogP contribution >= 0.6 is 0 Å². The monoisotopic (exact) mass is 816 g/mol. The predicted molar refractivity (Wildman–Crippen MR) is 221 cm³/mol. The van der Waals surface area contributed by atoms with E-state index in [4.69, 9.17) is 10.7 Å². The summed E-state index contributed by atoms with van der Waals surface area (Å²) in [6, 6.07) is 13.1. The van der Waals surface area contributed by atoms with Crippen molar-refractivity contribution in [1.82, 2.24) is 34.9 Å². The molecular weight excluding hydrogens is 765 g/mol. The van der Waals surface area contributed by atoms with Crippen molar-refractivity contribution >= 4 is 47.1 Å². The number of likely N-dealkylation sites (tertiary alicyclic amines) is 1. The van der Waals surface area contributed by atoms with Gasteiger partial charge in [-0.2, -0.15) is 0 Å². The lowest BCUT2D eigenvalue weighted by Gasteiger charge is -2.48. The second-order valence-corrected chi connectivity index (χ2v) is 17.5. The van der Waals surface area contributed by atoms with Crippen molar-refractivity contribution in [2.24, 2.45) is 11.1 Å². The molecule has 9 rings (SSSR count). The SMILES string of the molecule is CN1CCN([C@H]2CCCN(c3cnc(C(N)=O)c(Cc4ccc(N5CCC6(CCCN(Cc7ccc8c(c7)C(=O)N(C7CCC(=O)NC7=O)C8=O)C6)CC5)cc4)n3)C2)C1=O. The molecule has 1 spiro atoms. The van der Waals surface area contributed by atoms with Gasteiger partial charge in [-0.3, -0.25) is 39.1 Å². The zero-order chi connectivity index (χ0) is 41.7. The van der Waals surface area contributed by atoms with Crippen LogP contribution in [0.1, 0.15) is 99.4 Å². The number of benzene rings is 2. The zero-order valence-electron chi connectivity index (χ0n) is 34.1. The highest BCUT2D eigenvalue weighted by atomic mass is 16.2. The van der Waals surface area contributed by atoms with Gasteiger partial charge in [0, 0.05) is 77.9 Å². The van der Waals surface area contributed by atoms with Gasteiger partial charge in [-0.05, 0) is 92.3 Å². The van der Waals surface area contributed by atoms with Crippen molar-refractivity contribution in [2.45, 2.75) is 76.4 Å². The van der Waals surface area contributed by atoms with Crippen molar-refractivity contribution in [1.29, 1.82) is 0 Å². The topological polar surface area (TPSA) is 186 Å². The second kappa shape index (κ2) is 15.9. The van der Waals surface area contributed by atoms with Crippen LogP contribution in [0.25, 0.3) is 0 Å². The van der Waals surface area contributed by atoms with Crippen molar-refractivity contribution in [3.63, 3.8) is 0 Å². The first-order chi connectivity index (χ1) is 28.9. The molecule has 7 heterocycles. The van der Waals surface area contributed by atoms with E-state index in [1.165, 1.54) is 6.42 Å². The maximum absolute atomic E-state index is 13.4. The number of nitrogens with zero attached hydrogens (tertiary/aromatic N) is 8. The Morgan fingerprint density at radius 2 is 1.62 bits per heavy atom. The fourth-order valence-corrected chi connectivity index (χ4v) is 10.3. The minimum absolute atomic E-state index is 0.0683. The molecule has 2 atom stereocenters. The lowest BCUT2D eigenvalue weighted by atomic mass is 9.72. The number of urea groups is 1. The predicted octanol–water partition coefficient (Wildman–Crippen LogP) is 2.79. The summed E-state index contributed by atoms with van der Waals surface area (Å²) in [4.78, 5) is 97.1. The van der Waals surface area contributed by atoms with Gasteiger partial charge < -0.3 is 25.3 Å². The lowest BCUT2D eigenvalue weighted by molar-refractivity contribution is -0.136. The molecule has 6 aliphatic heterocycles. The molecule has 2 aromatic carbocycles. The van der Waals surface area contributed by atoms with E-state index in [0.29, 0.717) is 42.1 Å². The molecule has 5 saturated heterocycles. The summed E-state index contributed by atoms with van der Waals surface area (Å²) in [5.74, 6) is -1.88. The molecule has 6 aliphatic rings. The molecule has 3 N–H and O–H groups in total. The molecule has 0 bridgehead atoms. The fraction of sp³-hybridized carbons (Fsp3) is 0.500. The van der Waals surface area contributed by atoms with Gasteiger partial charge in [0.1, 0.15) is 17.6 Å². The number of likely N-dealkylation sites (N-methyl/N-ethyl adjacent to an activating group) is 1. The van der Waals surface area contributed by atoms with Gasteiger partial charge in [-0.1, -0.05) is 18.2 Å². The first-order valence-corrected chi connectivity index (χ1v) is 21.3. The molecule has 1 aromatic heterocycles. The Labute approximate surface area is 349 Å². The second-order valence-electron chi connectivity index (χ2n) is 17.5. The first kappa shape index (κ1) is 39.6. The molecular formula is C44H52N10O6. The van der Waals surface area contributed by atoms with Crippen LogP contribution in [0, 0.1) is 5.41 Å². The van der Waals surface area contributed by atoms with Gasteiger partial charge in [0.25, 0.3) is 17.7 Å². The van der Waals surface area contributed by atoms with Crippen molar-refractivity contribution < 1.29 is 28.8 Å². The number of amides is 7. The number of nitrogens with two attached hydrogens (primary N) is 1. The average molecular weight is 817 g/mol. The number of primary amides is 1. The highest BCUT2D eigenvalue weighted by Gasteiger charge is 2.45. The maximum Gasteiger partial charge on any atom is 0.320 e. The Morgan fingerprint density at radius 1 is 0.850 bits per heavy atom. The Hall–Kier alpha value is -5.90. The average Bonchev–Trinajstić information content (AvgIpc) is 3.71. The fourth-order valence-electron chi connectivity index (χ4n) is 10.3. The molecule has 0 aliphatic carbocycles. The summed E-state index contributed by atoms with van der Waals surface area (Å²) in [5, 5.41) is 2.25. The number of fused-ring (bicyclic) bond motifs is 1. The van der Waals surface area contributed by atoms with E-state index in [1.807, 2.05) is 18.0 Å². The van der Waals surface area contributed by atoms with E-state index < -0.39 is 35.6 Å². The van der Waals surface area contributed by atoms with Gasteiger partial charge in [-0.25, -0.2) is 14.8 Å². The third-order valence-electron chi connectivity index (χ3n) is 13.6. The molecule has 60 heavy (non-hydrogen) atoms. The summed E-state index contributed by atoms with van der Waals surface area (Å²) in [7, 11) is 1.84. The van der Waals surface area contributed by atoms with Gasteiger partial charge in [0.05, 0.1) is 29.1 Å². The largest absolute Gasteiger partial charge is 0.371 e. The van der Waals surface area contributed by atoms with Crippen LogP contribution in [0.4, 0.5) is 16.3 Å². The molecule has 3 aromatic rings. The van der Waals surface area contributed by atoms with Crippen LogP contribution < -0.4 is 20.9 Å². The number of nitrogens with one attached hydrogen (secondary N) is 1. The van der Waals surface area contributed by atoms with E-state index >= 15 is 0 Å². The number of carbonyl (C=O) groups is 6. The lowest BCUT2D eigenvalue weighted by Crippen LogP contribution is -2.54. The number of anilines is 2. The standard InChI is InChI=1S/C44H52N10O6/c1-49-20-21-53(43(49)60)31-4-2-17-52(26-31)36-24-46-38(39(45)56)34(47-36)23-28-5-8-30(9-6-28)51-18-14-44(15-19-51)13-3-16-50(27-44)25-29-7-10-32-33(22-29)42(59)54(41(32)58)35-11-12-37(55)48-40(35)57/h5-10,22,24,31,35H,2-4,11-21,23,25-27H2,1H3,(H2,45,56)(H,48,55,57)/t31-,35?/m0/s1. The van der Waals surface area contributed by atoms with Gasteiger partial charge >= 0.3 is 6.03 Å². The molecule has 5 fully saturated rings. The number of hydrogen-bond donors (Lipinski definition) is 2. The van der Waals surface area contributed by atoms with Crippen LogP contribution in [0.15, 0.2) is 48.7 Å². The molecule has 7 amide bonds. The summed E-state index contributed by atoms with van der Waals surface area (Å²) < 4.78 is 0. The molecule has 0 saturated carbocycles. The number of imide groups is 2. The van der Waals surface area contributed by atoms with E-state index in [0.717, 1.165) is 99.6 Å². The Balaban J connectivity index is 0.807. The van der Waals surface area contributed by atoms with E-state index in [2.05, 4.69) is 49.3 Å². The minimum Gasteiger partial charge on any atom is -0.371 e. The molecule has 0 radical (unpaired) electrons. The number of piperidine rings is 4. The Kier molecular flexibility index (Phi) is 10.5. The van der Waals surface area contributed by atoms with Gasteiger partial charge in [-0.15, -0.1) is 0 Å². The quantitative estimate of drug-likeness (QED) is 0.303. The Bertz CT molecular complexity index is 2240. The molecule has 1 unspecified atom stereocenters. The summed E-state index contributed by atoms with van der Waals surface area (Å²) in [5.41, 5.74) is 10.4. The molecule has 16 nitrogen and oxygen atoms in total.